The van der Waals surface area contributed by atoms with Crippen molar-refractivity contribution in [3.63, 3.8) is 0 Å². The van der Waals surface area contributed by atoms with Crippen molar-refractivity contribution in [1.29, 1.82) is 5.26 Å². The van der Waals surface area contributed by atoms with Gasteiger partial charge in [-0.25, -0.2) is 4.39 Å². The molecule has 0 saturated heterocycles. The Morgan fingerprint density at radius 2 is 2.00 bits per heavy atom. The highest BCUT2D eigenvalue weighted by molar-refractivity contribution is 6.02. The standard InChI is InChI=1S/C19H20FN3O/c1-12(2)22-19(24)16(11-21)10-15-9-13(3)23(14(15)4)18-8-6-5-7-17(18)20/h5-10,12H,1-4H3,(H,22,24)/b16-10-. The van der Waals surface area contributed by atoms with Gasteiger partial charge in [-0.05, 0) is 57.5 Å². The largest absolute Gasteiger partial charge is 0.349 e. The number of carbonyl (C=O) groups excluding carboxylic acids is 1. The van der Waals surface area contributed by atoms with Gasteiger partial charge in [0.25, 0.3) is 5.91 Å². The van der Waals surface area contributed by atoms with Crippen LogP contribution in [0.5, 0.6) is 0 Å². The summed E-state index contributed by atoms with van der Waals surface area (Å²) < 4.78 is 15.9. The van der Waals surface area contributed by atoms with Gasteiger partial charge in [0.05, 0.1) is 5.69 Å². The molecule has 1 amide bonds. The lowest BCUT2D eigenvalue weighted by molar-refractivity contribution is -0.117. The van der Waals surface area contributed by atoms with E-state index in [1.165, 1.54) is 12.1 Å². The fourth-order valence-electron chi connectivity index (χ4n) is 2.58. The van der Waals surface area contributed by atoms with Gasteiger partial charge in [0.2, 0.25) is 0 Å². The summed E-state index contributed by atoms with van der Waals surface area (Å²) in [6, 6.07) is 10.2. The minimum Gasteiger partial charge on any atom is -0.349 e. The van der Waals surface area contributed by atoms with Crippen LogP contribution >= 0.6 is 0 Å². The van der Waals surface area contributed by atoms with Crippen LogP contribution in [0.1, 0.15) is 30.8 Å². The third kappa shape index (κ3) is 3.54. The fraction of sp³-hybridized carbons (Fsp3) is 0.263. The molecule has 0 bridgehead atoms. The van der Waals surface area contributed by atoms with Gasteiger partial charge < -0.3 is 9.88 Å². The molecule has 2 rings (SSSR count). The third-order valence-electron chi connectivity index (χ3n) is 3.65. The van der Waals surface area contributed by atoms with Crippen LogP contribution in [0.4, 0.5) is 4.39 Å². The lowest BCUT2D eigenvalue weighted by atomic mass is 10.1. The van der Waals surface area contributed by atoms with E-state index >= 15 is 0 Å². The summed E-state index contributed by atoms with van der Waals surface area (Å²) in [6.07, 6.45) is 1.54. The van der Waals surface area contributed by atoms with Crippen LogP contribution in [-0.2, 0) is 4.79 Å². The van der Waals surface area contributed by atoms with Gasteiger partial charge in [-0.15, -0.1) is 0 Å². The molecule has 0 radical (unpaired) electrons. The van der Waals surface area contributed by atoms with E-state index < -0.39 is 5.91 Å². The summed E-state index contributed by atoms with van der Waals surface area (Å²) in [4.78, 5) is 12.0. The molecule has 5 heteroatoms. The quantitative estimate of drug-likeness (QED) is 0.689. The molecular weight excluding hydrogens is 305 g/mol. The number of carbonyl (C=O) groups is 1. The Labute approximate surface area is 141 Å². The lowest BCUT2D eigenvalue weighted by Crippen LogP contribution is -2.30. The number of aromatic nitrogens is 1. The number of nitrogens with one attached hydrogen (secondary N) is 1. The summed E-state index contributed by atoms with van der Waals surface area (Å²) >= 11 is 0. The number of rotatable bonds is 4. The topological polar surface area (TPSA) is 57.8 Å². The van der Waals surface area contributed by atoms with E-state index in [-0.39, 0.29) is 17.4 Å². The Hall–Kier alpha value is -2.87. The van der Waals surface area contributed by atoms with Crippen LogP contribution in [-0.4, -0.2) is 16.5 Å². The van der Waals surface area contributed by atoms with Crippen LogP contribution in [0.2, 0.25) is 0 Å². The molecule has 1 aromatic heterocycles. The van der Waals surface area contributed by atoms with E-state index in [1.54, 1.807) is 22.8 Å². The molecule has 0 aliphatic heterocycles. The molecule has 0 spiro atoms. The highest BCUT2D eigenvalue weighted by Gasteiger charge is 2.15. The first-order valence-corrected chi connectivity index (χ1v) is 7.71. The average Bonchev–Trinajstić information content (AvgIpc) is 2.79. The molecule has 0 aliphatic carbocycles. The summed E-state index contributed by atoms with van der Waals surface area (Å²) in [5.74, 6) is -0.740. The fourth-order valence-corrected chi connectivity index (χ4v) is 2.58. The van der Waals surface area contributed by atoms with E-state index in [0.717, 1.165) is 11.4 Å². The van der Waals surface area contributed by atoms with Crippen molar-refractivity contribution >= 4 is 12.0 Å². The zero-order valence-electron chi connectivity index (χ0n) is 14.2. The van der Waals surface area contributed by atoms with E-state index in [2.05, 4.69) is 5.32 Å². The zero-order valence-corrected chi connectivity index (χ0v) is 14.2. The van der Waals surface area contributed by atoms with E-state index in [9.17, 15) is 14.4 Å². The van der Waals surface area contributed by atoms with Crippen molar-refractivity contribution in [1.82, 2.24) is 9.88 Å². The van der Waals surface area contributed by atoms with Crippen molar-refractivity contribution < 1.29 is 9.18 Å². The van der Waals surface area contributed by atoms with Crippen molar-refractivity contribution in [2.24, 2.45) is 0 Å². The predicted octanol–water partition coefficient (Wildman–Crippen LogP) is 3.66. The molecule has 0 unspecified atom stereocenters. The second kappa shape index (κ2) is 7.14. The Balaban J connectivity index is 2.49. The van der Waals surface area contributed by atoms with E-state index in [4.69, 9.17) is 0 Å². The smallest absolute Gasteiger partial charge is 0.262 e. The van der Waals surface area contributed by atoms with E-state index in [0.29, 0.717) is 11.3 Å². The number of amides is 1. The molecular formula is C19H20FN3O. The van der Waals surface area contributed by atoms with Gasteiger partial charge >= 0.3 is 0 Å². The Morgan fingerprint density at radius 3 is 2.58 bits per heavy atom. The van der Waals surface area contributed by atoms with Crippen molar-refractivity contribution in [2.45, 2.75) is 33.7 Å². The van der Waals surface area contributed by atoms with Gasteiger partial charge in [0.15, 0.2) is 0 Å². The number of nitrogens with zero attached hydrogens (tertiary/aromatic N) is 2. The molecule has 1 aromatic carbocycles. The maximum atomic E-state index is 14.1. The molecule has 0 fully saturated rings. The Bertz CT molecular complexity index is 841. The molecule has 1 heterocycles. The molecule has 2 aromatic rings. The van der Waals surface area contributed by atoms with Crippen LogP contribution < -0.4 is 5.32 Å². The summed E-state index contributed by atoms with van der Waals surface area (Å²) in [5, 5.41) is 12.0. The van der Waals surface area contributed by atoms with Crippen molar-refractivity contribution in [2.75, 3.05) is 0 Å². The van der Waals surface area contributed by atoms with Crippen molar-refractivity contribution in [3.8, 4) is 11.8 Å². The molecule has 4 nitrogen and oxygen atoms in total. The van der Waals surface area contributed by atoms with Crippen LogP contribution in [0, 0.1) is 31.0 Å². The van der Waals surface area contributed by atoms with Crippen LogP contribution in [0.25, 0.3) is 11.8 Å². The lowest BCUT2D eigenvalue weighted by Gasteiger charge is -2.10. The minimum absolute atomic E-state index is 0.0254. The second-order valence-electron chi connectivity index (χ2n) is 5.91. The Kier molecular flexibility index (Phi) is 5.20. The normalized spacial score (nSPS) is 11.5. The van der Waals surface area contributed by atoms with Gasteiger partial charge in [0.1, 0.15) is 17.5 Å². The molecule has 0 aliphatic rings. The maximum Gasteiger partial charge on any atom is 0.262 e. The highest BCUT2D eigenvalue weighted by atomic mass is 19.1. The van der Waals surface area contributed by atoms with Gasteiger partial charge in [-0.3, -0.25) is 4.79 Å². The molecule has 0 saturated carbocycles. The number of para-hydroxylation sites is 1. The van der Waals surface area contributed by atoms with Gasteiger partial charge in [0, 0.05) is 17.4 Å². The molecule has 24 heavy (non-hydrogen) atoms. The molecule has 0 atom stereocenters. The minimum atomic E-state index is -0.414. The highest BCUT2D eigenvalue weighted by Crippen LogP contribution is 2.24. The first-order chi connectivity index (χ1) is 11.3. The SMILES string of the molecule is Cc1cc(/C=C(/C#N)C(=O)NC(C)C)c(C)n1-c1ccccc1F. The number of hydrogen-bond acceptors (Lipinski definition) is 2. The maximum absolute atomic E-state index is 14.1. The first-order valence-electron chi connectivity index (χ1n) is 7.71. The predicted molar refractivity (Wildman–Crippen MR) is 92.1 cm³/mol. The number of benzene rings is 1. The number of nitriles is 1. The number of hydrogen-bond donors (Lipinski definition) is 1. The summed E-state index contributed by atoms with van der Waals surface area (Å²) in [6.45, 7) is 7.35. The van der Waals surface area contributed by atoms with Crippen molar-refractivity contribution in [3.05, 3.63) is 58.7 Å². The third-order valence-corrected chi connectivity index (χ3v) is 3.65. The molecule has 1 N–H and O–H groups in total. The summed E-state index contributed by atoms with van der Waals surface area (Å²) in [7, 11) is 0. The zero-order chi connectivity index (χ0) is 17.9. The summed E-state index contributed by atoms with van der Waals surface area (Å²) in [5.41, 5.74) is 2.77. The van der Waals surface area contributed by atoms with E-state index in [1.807, 2.05) is 39.8 Å². The Morgan fingerprint density at radius 1 is 1.33 bits per heavy atom. The number of halogens is 1. The number of aryl methyl sites for hydroxylation is 1. The van der Waals surface area contributed by atoms with Gasteiger partial charge in [-0.1, -0.05) is 12.1 Å². The molecule has 124 valence electrons. The first kappa shape index (κ1) is 17.5. The second-order valence-corrected chi connectivity index (χ2v) is 5.91. The van der Waals surface area contributed by atoms with Crippen LogP contribution in [0.15, 0.2) is 35.9 Å². The van der Waals surface area contributed by atoms with Crippen LogP contribution in [0.3, 0.4) is 0 Å². The monoisotopic (exact) mass is 325 g/mol. The van der Waals surface area contributed by atoms with Gasteiger partial charge in [-0.2, -0.15) is 5.26 Å². The average molecular weight is 325 g/mol.